The van der Waals surface area contributed by atoms with Crippen LogP contribution in [0.4, 0.5) is 14.9 Å². The molecule has 1 atom stereocenters. The highest BCUT2D eigenvalue weighted by atomic mass is 19.1. The molecule has 7 nitrogen and oxygen atoms in total. The lowest BCUT2D eigenvalue weighted by molar-refractivity contribution is -0.119. The predicted octanol–water partition coefficient (Wildman–Crippen LogP) is 1.59. The first kappa shape index (κ1) is 19.6. The SMILES string of the molecule is CC(=O)NC[C@@H]1CN(c2ccc(B3OC(C)(C)C(C)(C)O3)c(F)c2)C(=O)O1. The van der Waals surface area contributed by atoms with Gasteiger partial charge in [-0.25, -0.2) is 9.18 Å². The molecule has 3 rings (SSSR count). The van der Waals surface area contributed by atoms with E-state index in [0.29, 0.717) is 5.69 Å². The number of hydrogen-bond donors (Lipinski definition) is 1. The summed E-state index contributed by atoms with van der Waals surface area (Å²) in [5, 5.41) is 2.60. The number of amides is 2. The maximum absolute atomic E-state index is 14.7. The third-order valence-electron chi connectivity index (χ3n) is 5.26. The summed E-state index contributed by atoms with van der Waals surface area (Å²) in [6.45, 7) is 9.42. The summed E-state index contributed by atoms with van der Waals surface area (Å²) in [5.41, 5.74) is -0.487. The van der Waals surface area contributed by atoms with Gasteiger partial charge in [-0.2, -0.15) is 0 Å². The number of carbonyl (C=O) groups excluding carboxylic acids is 2. The average Bonchev–Trinajstić information content (AvgIpc) is 3.01. The maximum atomic E-state index is 14.7. The van der Waals surface area contributed by atoms with Crippen LogP contribution in [0.3, 0.4) is 0 Å². The average molecular weight is 378 g/mol. The summed E-state index contributed by atoms with van der Waals surface area (Å²) in [6, 6.07) is 4.45. The summed E-state index contributed by atoms with van der Waals surface area (Å²) in [5.74, 6) is -0.730. The Morgan fingerprint density at radius 3 is 2.48 bits per heavy atom. The van der Waals surface area contributed by atoms with Crippen LogP contribution in [0.25, 0.3) is 0 Å². The maximum Gasteiger partial charge on any atom is 0.497 e. The number of cyclic esters (lactones) is 1. The molecule has 2 saturated heterocycles. The van der Waals surface area contributed by atoms with Crippen molar-refractivity contribution in [2.45, 2.75) is 51.9 Å². The van der Waals surface area contributed by atoms with Crippen molar-refractivity contribution in [2.24, 2.45) is 0 Å². The van der Waals surface area contributed by atoms with E-state index in [1.165, 1.54) is 17.9 Å². The van der Waals surface area contributed by atoms with Gasteiger partial charge in [0.1, 0.15) is 11.9 Å². The van der Waals surface area contributed by atoms with Crippen LogP contribution in [0.2, 0.25) is 0 Å². The zero-order valence-corrected chi connectivity index (χ0v) is 16.2. The molecule has 2 aliphatic rings. The first-order valence-electron chi connectivity index (χ1n) is 8.88. The lowest BCUT2D eigenvalue weighted by Crippen LogP contribution is -2.41. The third kappa shape index (κ3) is 3.79. The van der Waals surface area contributed by atoms with Crippen molar-refractivity contribution < 1.29 is 28.0 Å². The van der Waals surface area contributed by atoms with E-state index in [1.54, 1.807) is 12.1 Å². The Labute approximate surface area is 158 Å². The monoisotopic (exact) mass is 378 g/mol. The lowest BCUT2D eigenvalue weighted by atomic mass is 9.78. The number of ether oxygens (including phenoxy) is 1. The van der Waals surface area contributed by atoms with Crippen molar-refractivity contribution in [3.63, 3.8) is 0 Å². The van der Waals surface area contributed by atoms with Gasteiger partial charge in [0.2, 0.25) is 5.91 Å². The summed E-state index contributed by atoms with van der Waals surface area (Å²) < 4.78 is 31.7. The van der Waals surface area contributed by atoms with Gasteiger partial charge in [-0.1, -0.05) is 6.07 Å². The zero-order valence-electron chi connectivity index (χ0n) is 16.2. The van der Waals surface area contributed by atoms with E-state index in [-0.39, 0.29) is 24.5 Å². The van der Waals surface area contributed by atoms with Gasteiger partial charge in [0.05, 0.1) is 30.0 Å². The first-order chi connectivity index (χ1) is 12.5. The molecule has 0 radical (unpaired) electrons. The topological polar surface area (TPSA) is 77.1 Å². The second-order valence-electron chi connectivity index (χ2n) is 7.85. The molecule has 0 unspecified atom stereocenters. The highest BCUT2D eigenvalue weighted by molar-refractivity contribution is 6.62. The number of nitrogens with zero attached hydrogens (tertiary/aromatic N) is 1. The van der Waals surface area contributed by atoms with E-state index in [4.69, 9.17) is 14.0 Å². The molecular weight excluding hydrogens is 354 g/mol. The summed E-state index contributed by atoms with van der Waals surface area (Å²) in [6.07, 6.45) is -1.06. The highest BCUT2D eigenvalue weighted by Crippen LogP contribution is 2.36. The fourth-order valence-corrected chi connectivity index (χ4v) is 2.94. The number of nitrogens with one attached hydrogen (secondary N) is 1. The Kier molecular flexibility index (Phi) is 4.94. The number of anilines is 1. The van der Waals surface area contributed by atoms with E-state index in [9.17, 15) is 14.0 Å². The van der Waals surface area contributed by atoms with Crippen molar-refractivity contribution in [2.75, 3.05) is 18.0 Å². The van der Waals surface area contributed by atoms with E-state index in [2.05, 4.69) is 5.32 Å². The number of hydrogen-bond acceptors (Lipinski definition) is 5. The van der Waals surface area contributed by atoms with E-state index in [0.717, 1.165) is 0 Å². The molecule has 2 aliphatic heterocycles. The molecule has 2 amide bonds. The molecule has 0 saturated carbocycles. The fraction of sp³-hybridized carbons (Fsp3) is 0.556. The number of rotatable bonds is 4. The molecule has 146 valence electrons. The Morgan fingerprint density at radius 1 is 1.30 bits per heavy atom. The van der Waals surface area contributed by atoms with Gasteiger partial charge in [-0.05, 0) is 39.8 Å². The minimum atomic E-state index is -0.818. The van der Waals surface area contributed by atoms with Crippen molar-refractivity contribution in [3.8, 4) is 0 Å². The van der Waals surface area contributed by atoms with Crippen molar-refractivity contribution in [1.29, 1.82) is 0 Å². The number of benzene rings is 1. The minimum Gasteiger partial charge on any atom is -0.442 e. The second-order valence-corrected chi connectivity index (χ2v) is 7.85. The van der Waals surface area contributed by atoms with E-state index < -0.39 is 36.3 Å². The van der Waals surface area contributed by atoms with Crippen LogP contribution in [-0.2, 0) is 18.8 Å². The van der Waals surface area contributed by atoms with Gasteiger partial charge in [0.15, 0.2) is 0 Å². The molecule has 0 aliphatic carbocycles. The first-order valence-corrected chi connectivity index (χ1v) is 8.88. The largest absolute Gasteiger partial charge is 0.497 e. The van der Waals surface area contributed by atoms with Crippen molar-refractivity contribution in [3.05, 3.63) is 24.0 Å². The van der Waals surface area contributed by atoms with E-state index in [1.807, 2.05) is 27.7 Å². The van der Waals surface area contributed by atoms with Crippen LogP contribution in [0.15, 0.2) is 18.2 Å². The predicted molar refractivity (Wildman–Crippen MR) is 98.4 cm³/mol. The van der Waals surface area contributed by atoms with Crippen molar-refractivity contribution in [1.82, 2.24) is 5.32 Å². The molecular formula is C18H24BFN2O5. The molecule has 0 bridgehead atoms. The van der Waals surface area contributed by atoms with Crippen LogP contribution < -0.4 is 15.7 Å². The Hall–Kier alpha value is -2.13. The molecule has 2 fully saturated rings. The quantitative estimate of drug-likeness (QED) is 0.806. The highest BCUT2D eigenvalue weighted by Gasteiger charge is 2.52. The summed E-state index contributed by atoms with van der Waals surface area (Å²) in [4.78, 5) is 24.4. The summed E-state index contributed by atoms with van der Waals surface area (Å²) >= 11 is 0. The minimum absolute atomic E-state index is 0.206. The lowest BCUT2D eigenvalue weighted by Gasteiger charge is -2.32. The number of carbonyl (C=O) groups is 2. The van der Waals surface area contributed by atoms with Crippen LogP contribution >= 0.6 is 0 Å². The van der Waals surface area contributed by atoms with Crippen LogP contribution in [0, 0.1) is 5.82 Å². The molecule has 1 N–H and O–H groups in total. The van der Waals surface area contributed by atoms with Gasteiger partial charge in [-0.3, -0.25) is 9.69 Å². The second kappa shape index (κ2) is 6.80. The Balaban J connectivity index is 1.74. The van der Waals surface area contributed by atoms with E-state index >= 15 is 0 Å². The third-order valence-corrected chi connectivity index (χ3v) is 5.26. The molecule has 9 heteroatoms. The van der Waals surface area contributed by atoms with Crippen molar-refractivity contribution >= 4 is 30.3 Å². The van der Waals surface area contributed by atoms with Gasteiger partial charge in [0, 0.05) is 12.4 Å². The Morgan fingerprint density at radius 2 is 1.93 bits per heavy atom. The molecule has 1 aromatic rings. The zero-order chi connectivity index (χ0) is 20.0. The smallest absolute Gasteiger partial charge is 0.442 e. The van der Waals surface area contributed by atoms with Gasteiger partial charge in [0.25, 0.3) is 0 Å². The molecule has 2 heterocycles. The normalized spacial score (nSPS) is 23.5. The van der Waals surface area contributed by atoms with Gasteiger partial charge >= 0.3 is 13.2 Å². The van der Waals surface area contributed by atoms with Crippen LogP contribution in [0.5, 0.6) is 0 Å². The molecule has 0 spiro atoms. The van der Waals surface area contributed by atoms with Gasteiger partial charge in [-0.15, -0.1) is 0 Å². The molecule has 27 heavy (non-hydrogen) atoms. The Bertz CT molecular complexity index is 754. The molecule has 1 aromatic carbocycles. The van der Waals surface area contributed by atoms with Crippen LogP contribution in [-0.4, -0.2) is 49.5 Å². The van der Waals surface area contributed by atoms with Gasteiger partial charge < -0.3 is 19.4 Å². The fourth-order valence-electron chi connectivity index (χ4n) is 2.94. The number of halogens is 1. The van der Waals surface area contributed by atoms with Crippen LogP contribution in [0.1, 0.15) is 34.6 Å². The standard InChI is InChI=1S/C18H24BFN2O5/c1-11(23)21-9-13-10-22(16(24)25-13)12-6-7-14(15(20)8-12)19-26-17(2,3)18(4,5)27-19/h6-8,13H,9-10H2,1-5H3,(H,21,23)/t13-/m1/s1. The molecule has 0 aromatic heterocycles. The summed E-state index contributed by atoms with van der Waals surface area (Å²) in [7, 11) is -0.818.